The highest BCUT2D eigenvalue weighted by Crippen LogP contribution is 2.03. The van der Waals surface area contributed by atoms with Crippen LogP contribution in [0.25, 0.3) is 0 Å². The molecule has 6 nitrogen and oxygen atoms in total. The number of hydrogen-bond acceptors (Lipinski definition) is 5. The third-order valence-corrected chi connectivity index (χ3v) is 3.59. The number of rotatable bonds is 8. The van der Waals surface area contributed by atoms with Crippen molar-refractivity contribution >= 4 is 29.5 Å². The van der Waals surface area contributed by atoms with Crippen molar-refractivity contribution in [1.82, 2.24) is 10.6 Å². The zero-order valence-electron chi connectivity index (χ0n) is 12.9. The van der Waals surface area contributed by atoms with E-state index in [0.29, 0.717) is 12.2 Å². The van der Waals surface area contributed by atoms with Crippen molar-refractivity contribution in [2.24, 2.45) is 0 Å². The van der Waals surface area contributed by atoms with Crippen molar-refractivity contribution in [3.8, 4) is 0 Å². The average molecular weight is 342 g/mol. The van der Waals surface area contributed by atoms with Gasteiger partial charge in [0.2, 0.25) is 5.91 Å². The van der Waals surface area contributed by atoms with Crippen LogP contribution in [0.2, 0.25) is 0 Å². The van der Waals surface area contributed by atoms with Gasteiger partial charge in [-0.05, 0) is 42.7 Å². The van der Waals surface area contributed by atoms with E-state index in [1.165, 1.54) is 19.2 Å². The Balaban J connectivity index is 2.49. The summed E-state index contributed by atoms with van der Waals surface area (Å²) in [4.78, 5) is 35.2. The van der Waals surface area contributed by atoms with Gasteiger partial charge in [0.05, 0.1) is 13.7 Å². The van der Waals surface area contributed by atoms with Gasteiger partial charge in [-0.15, -0.1) is 0 Å². The van der Waals surface area contributed by atoms with Crippen LogP contribution in [-0.4, -0.2) is 49.5 Å². The lowest BCUT2D eigenvalue weighted by Crippen LogP contribution is -2.46. The van der Waals surface area contributed by atoms with Crippen LogP contribution in [0.5, 0.6) is 0 Å². The van der Waals surface area contributed by atoms with Crippen molar-refractivity contribution < 1.29 is 23.5 Å². The maximum Gasteiger partial charge on any atom is 0.328 e. The van der Waals surface area contributed by atoms with Gasteiger partial charge >= 0.3 is 5.97 Å². The van der Waals surface area contributed by atoms with Crippen LogP contribution in [-0.2, 0) is 14.3 Å². The molecule has 0 fully saturated rings. The number of carbonyl (C=O) groups is 3. The normalized spacial score (nSPS) is 11.4. The molecule has 0 unspecified atom stereocenters. The molecule has 2 N–H and O–H groups in total. The van der Waals surface area contributed by atoms with E-state index >= 15 is 0 Å². The van der Waals surface area contributed by atoms with Crippen molar-refractivity contribution in [2.45, 2.75) is 12.5 Å². The molecule has 2 amide bonds. The summed E-state index contributed by atoms with van der Waals surface area (Å²) in [7, 11) is 1.25. The number of benzene rings is 1. The molecular weight excluding hydrogens is 323 g/mol. The third kappa shape index (κ3) is 6.68. The molecule has 0 bridgehead atoms. The Bertz CT molecular complexity index is 551. The Morgan fingerprint density at radius 1 is 1.26 bits per heavy atom. The molecule has 1 aromatic rings. The maximum absolute atomic E-state index is 12.8. The number of amides is 2. The summed E-state index contributed by atoms with van der Waals surface area (Å²) in [6.07, 6.45) is 2.32. The number of ether oxygens (including phenoxy) is 1. The first-order valence-corrected chi connectivity index (χ1v) is 8.27. The van der Waals surface area contributed by atoms with Crippen molar-refractivity contribution in [3.63, 3.8) is 0 Å². The van der Waals surface area contributed by atoms with Crippen molar-refractivity contribution in [2.75, 3.05) is 25.7 Å². The summed E-state index contributed by atoms with van der Waals surface area (Å²) in [5.74, 6) is -1.30. The van der Waals surface area contributed by atoms with Crippen LogP contribution in [0.15, 0.2) is 24.3 Å². The minimum Gasteiger partial charge on any atom is -0.467 e. The summed E-state index contributed by atoms with van der Waals surface area (Å²) in [6, 6.07) is 4.20. The Morgan fingerprint density at radius 2 is 1.91 bits per heavy atom. The number of thioether (sulfide) groups is 1. The van der Waals surface area contributed by atoms with Crippen LogP contribution in [0.3, 0.4) is 0 Å². The van der Waals surface area contributed by atoms with Gasteiger partial charge in [-0.1, -0.05) is 0 Å². The van der Waals surface area contributed by atoms with Gasteiger partial charge < -0.3 is 15.4 Å². The van der Waals surface area contributed by atoms with Crippen LogP contribution in [0.1, 0.15) is 16.8 Å². The second-order valence-corrected chi connectivity index (χ2v) is 5.60. The smallest absolute Gasteiger partial charge is 0.328 e. The summed E-state index contributed by atoms with van der Waals surface area (Å²) in [5, 5.41) is 4.92. The molecule has 0 aliphatic heterocycles. The van der Waals surface area contributed by atoms with Crippen molar-refractivity contribution in [3.05, 3.63) is 35.6 Å². The van der Waals surface area contributed by atoms with Crippen molar-refractivity contribution in [1.29, 1.82) is 0 Å². The largest absolute Gasteiger partial charge is 0.467 e. The SMILES string of the molecule is COC(=O)[C@H](CCSC)NC(=O)CNC(=O)c1ccc(F)cc1. The molecule has 0 aliphatic carbocycles. The van der Waals surface area contributed by atoms with E-state index in [4.69, 9.17) is 0 Å². The molecule has 8 heteroatoms. The summed E-state index contributed by atoms with van der Waals surface area (Å²) >= 11 is 1.54. The fraction of sp³-hybridized carbons (Fsp3) is 0.400. The lowest BCUT2D eigenvalue weighted by atomic mass is 10.2. The molecule has 1 rings (SSSR count). The first-order valence-electron chi connectivity index (χ1n) is 6.87. The molecule has 1 aromatic carbocycles. The predicted octanol–water partition coefficient (Wildman–Crippen LogP) is 0.966. The van der Waals surface area contributed by atoms with Gasteiger partial charge in [-0.2, -0.15) is 11.8 Å². The second-order valence-electron chi connectivity index (χ2n) is 4.61. The first-order chi connectivity index (χ1) is 11.0. The van der Waals surface area contributed by atoms with E-state index in [-0.39, 0.29) is 12.1 Å². The van der Waals surface area contributed by atoms with E-state index in [0.717, 1.165) is 12.1 Å². The number of halogens is 1. The van der Waals surface area contributed by atoms with Crippen LogP contribution >= 0.6 is 11.8 Å². The number of esters is 1. The third-order valence-electron chi connectivity index (χ3n) is 2.95. The fourth-order valence-corrected chi connectivity index (χ4v) is 2.21. The van der Waals surface area contributed by atoms with E-state index in [2.05, 4.69) is 15.4 Å². The molecule has 0 aliphatic rings. The monoisotopic (exact) mass is 342 g/mol. The summed E-state index contributed by atoms with van der Waals surface area (Å²) in [6.45, 7) is -0.289. The quantitative estimate of drug-likeness (QED) is 0.688. The summed E-state index contributed by atoms with van der Waals surface area (Å²) < 4.78 is 17.4. The Hall–Kier alpha value is -2.09. The van der Waals surface area contributed by atoms with E-state index < -0.39 is 29.6 Å². The first kappa shape index (κ1) is 19.0. The van der Waals surface area contributed by atoms with Crippen LogP contribution in [0, 0.1) is 5.82 Å². The summed E-state index contributed by atoms with van der Waals surface area (Å²) in [5.41, 5.74) is 0.242. The zero-order valence-corrected chi connectivity index (χ0v) is 13.7. The lowest BCUT2D eigenvalue weighted by Gasteiger charge is -2.16. The molecule has 0 saturated carbocycles. The number of hydrogen-bond donors (Lipinski definition) is 2. The Kier molecular flexibility index (Phi) is 8.10. The van der Waals surface area contributed by atoms with Gasteiger partial charge in [0.15, 0.2) is 0 Å². The molecule has 0 heterocycles. The Morgan fingerprint density at radius 3 is 2.48 bits per heavy atom. The molecule has 1 atom stereocenters. The maximum atomic E-state index is 12.8. The van der Waals surface area contributed by atoms with E-state index in [1.54, 1.807) is 11.8 Å². The highest BCUT2D eigenvalue weighted by Gasteiger charge is 2.21. The molecule has 23 heavy (non-hydrogen) atoms. The fourth-order valence-electron chi connectivity index (χ4n) is 1.74. The minimum atomic E-state index is -0.748. The number of methoxy groups -OCH3 is 1. The highest BCUT2D eigenvalue weighted by molar-refractivity contribution is 7.98. The topological polar surface area (TPSA) is 84.5 Å². The molecule has 0 radical (unpaired) electrons. The average Bonchev–Trinajstić information content (AvgIpc) is 2.56. The lowest BCUT2D eigenvalue weighted by molar-refractivity contribution is -0.145. The van der Waals surface area contributed by atoms with Gasteiger partial charge in [-0.25, -0.2) is 9.18 Å². The van der Waals surface area contributed by atoms with Crippen LogP contribution < -0.4 is 10.6 Å². The van der Waals surface area contributed by atoms with Crippen LogP contribution in [0.4, 0.5) is 4.39 Å². The Labute approximate surface area is 138 Å². The molecule has 0 aromatic heterocycles. The molecular formula is C15H19FN2O4S. The minimum absolute atomic E-state index is 0.242. The molecule has 0 saturated heterocycles. The predicted molar refractivity (Wildman–Crippen MR) is 85.7 cm³/mol. The molecule has 126 valence electrons. The second kappa shape index (κ2) is 9.83. The number of nitrogens with one attached hydrogen (secondary N) is 2. The van der Waals surface area contributed by atoms with Gasteiger partial charge in [-0.3, -0.25) is 9.59 Å². The number of carbonyl (C=O) groups excluding carboxylic acids is 3. The zero-order chi connectivity index (χ0) is 17.2. The standard InChI is InChI=1S/C15H19FN2O4S/c1-22-15(21)12(7-8-23-2)18-13(19)9-17-14(20)10-3-5-11(16)6-4-10/h3-6,12H,7-9H2,1-2H3,(H,17,20)(H,18,19)/t12-/m0/s1. The van der Waals surface area contributed by atoms with Gasteiger partial charge in [0, 0.05) is 5.56 Å². The van der Waals surface area contributed by atoms with Gasteiger partial charge in [0.25, 0.3) is 5.91 Å². The molecule has 0 spiro atoms. The highest BCUT2D eigenvalue weighted by atomic mass is 32.2. The van der Waals surface area contributed by atoms with Gasteiger partial charge in [0.1, 0.15) is 11.9 Å². The van der Waals surface area contributed by atoms with E-state index in [1.807, 2.05) is 6.26 Å². The van der Waals surface area contributed by atoms with E-state index in [9.17, 15) is 18.8 Å².